The molecule has 1 aromatic carbocycles. The molecule has 0 aromatic heterocycles. The highest BCUT2D eigenvalue weighted by molar-refractivity contribution is 5.80. The summed E-state index contributed by atoms with van der Waals surface area (Å²) in [7, 11) is 1.62. The first-order valence-electron chi connectivity index (χ1n) is 8.50. The van der Waals surface area contributed by atoms with E-state index in [1.54, 1.807) is 26.2 Å². The Morgan fingerprint density at radius 2 is 1.83 bits per heavy atom. The predicted octanol–water partition coefficient (Wildman–Crippen LogP) is 2.45. The van der Waals surface area contributed by atoms with Crippen molar-refractivity contribution in [3.05, 3.63) is 24.3 Å². The third-order valence-corrected chi connectivity index (χ3v) is 4.14. The van der Waals surface area contributed by atoms with E-state index >= 15 is 0 Å². The SMILES string of the molecule is COc1ccc(O[C@@H](C)C(=O)NCCCN2CCCCC2)cc1. The lowest BCUT2D eigenvalue weighted by Gasteiger charge is -2.26. The third kappa shape index (κ3) is 6.10. The average Bonchev–Trinajstić information content (AvgIpc) is 2.60. The summed E-state index contributed by atoms with van der Waals surface area (Å²) < 4.78 is 10.7. The molecule has 1 atom stereocenters. The van der Waals surface area contributed by atoms with Gasteiger partial charge in [0.05, 0.1) is 7.11 Å². The number of hydrogen-bond acceptors (Lipinski definition) is 4. The Kier molecular flexibility index (Phi) is 7.20. The van der Waals surface area contributed by atoms with Gasteiger partial charge in [-0.25, -0.2) is 0 Å². The molecule has 0 aliphatic carbocycles. The second-order valence-corrected chi connectivity index (χ2v) is 5.98. The number of methoxy groups -OCH3 is 1. The molecular weight excluding hydrogens is 292 g/mol. The molecule has 0 bridgehead atoms. The number of likely N-dealkylation sites (tertiary alicyclic amines) is 1. The molecule has 0 spiro atoms. The van der Waals surface area contributed by atoms with Gasteiger partial charge in [-0.05, 0) is 70.1 Å². The van der Waals surface area contributed by atoms with Crippen molar-refractivity contribution >= 4 is 5.91 Å². The van der Waals surface area contributed by atoms with Gasteiger partial charge in [-0.2, -0.15) is 0 Å². The van der Waals surface area contributed by atoms with Crippen LogP contribution >= 0.6 is 0 Å². The lowest BCUT2D eigenvalue weighted by Crippen LogP contribution is -2.38. The van der Waals surface area contributed by atoms with Crippen molar-refractivity contribution in [1.82, 2.24) is 10.2 Å². The van der Waals surface area contributed by atoms with Crippen LogP contribution in [0.3, 0.4) is 0 Å². The van der Waals surface area contributed by atoms with E-state index in [1.165, 1.54) is 32.4 Å². The van der Waals surface area contributed by atoms with E-state index in [1.807, 2.05) is 12.1 Å². The molecule has 1 amide bonds. The van der Waals surface area contributed by atoms with Crippen molar-refractivity contribution in [3.63, 3.8) is 0 Å². The normalized spacial score (nSPS) is 16.6. The third-order valence-electron chi connectivity index (χ3n) is 4.14. The summed E-state index contributed by atoms with van der Waals surface area (Å²) in [5, 5.41) is 2.95. The van der Waals surface area contributed by atoms with Gasteiger partial charge in [-0.3, -0.25) is 4.79 Å². The zero-order chi connectivity index (χ0) is 16.5. The quantitative estimate of drug-likeness (QED) is 0.748. The first kappa shape index (κ1) is 17.6. The zero-order valence-corrected chi connectivity index (χ0v) is 14.2. The molecule has 0 radical (unpaired) electrons. The summed E-state index contributed by atoms with van der Waals surface area (Å²) in [6.07, 6.45) is 4.45. The maximum atomic E-state index is 12.0. The number of ether oxygens (including phenoxy) is 2. The van der Waals surface area contributed by atoms with Gasteiger partial charge in [-0.15, -0.1) is 0 Å². The van der Waals surface area contributed by atoms with Crippen LogP contribution in [0.15, 0.2) is 24.3 Å². The molecular formula is C18H28N2O3. The van der Waals surface area contributed by atoms with Crippen LogP contribution in [0.25, 0.3) is 0 Å². The molecule has 1 aromatic rings. The Balaban J connectivity index is 1.63. The average molecular weight is 320 g/mol. The fourth-order valence-electron chi connectivity index (χ4n) is 2.75. The Morgan fingerprint density at radius 3 is 2.48 bits per heavy atom. The first-order chi connectivity index (χ1) is 11.2. The lowest BCUT2D eigenvalue weighted by atomic mass is 10.1. The summed E-state index contributed by atoms with van der Waals surface area (Å²) in [4.78, 5) is 14.5. The van der Waals surface area contributed by atoms with E-state index in [0.717, 1.165) is 18.7 Å². The lowest BCUT2D eigenvalue weighted by molar-refractivity contribution is -0.127. The van der Waals surface area contributed by atoms with Gasteiger partial charge in [0.15, 0.2) is 6.10 Å². The Labute approximate surface area is 139 Å². The van der Waals surface area contributed by atoms with Gasteiger partial charge >= 0.3 is 0 Å². The molecule has 1 heterocycles. The number of hydrogen-bond donors (Lipinski definition) is 1. The largest absolute Gasteiger partial charge is 0.497 e. The van der Waals surface area contributed by atoms with Crippen LogP contribution in [0, 0.1) is 0 Å². The minimum Gasteiger partial charge on any atom is -0.497 e. The number of amides is 1. The Bertz CT molecular complexity index is 470. The summed E-state index contributed by atoms with van der Waals surface area (Å²) in [5.74, 6) is 1.37. The number of piperidine rings is 1. The van der Waals surface area contributed by atoms with Crippen molar-refractivity contribution in [2.75, 3.05) is 33.3 Å². The molecule has 5 heteroatoms. The molecule has 23 heavy (non-hydrogen) atoms. The van der Waals surface area contributed by atoms with Gasteiger partial charge in [0.2, 0.25) is 0 Å². The van der Waals surface area contributed by atoms with Crippen LogP contribution in [0.5, 0.6) is 11.5 Å². The number of carbonyl (C=O) groups is 1. The second kappa shape index (κ2) is 9.40. The zero-order valence-electron chi connectivity index (χ0n) is 14.2. The molecule has 1 aliphatic rings. The Hall–Kier alpha value is -1.75. The summed E-state index contributed by atoms with van der Waals surface area (Å²) >= 11 is 0. The van der Waals surface area contributed by atoms with Crippen LogP contribution in [0.1, 0.15) is 32.6 Å². The molecule has 5 nitrogen and oxygen atoms in total. The van der Waals surface area contributed by atoms with Gasteiger partial charge in [-0.1, -0.05) is 6.42 Å². The number of rotatable bonds is 8. The van der Waals surface area contributed by atoms with E-state index in [-0.39, 0.29) is 5.91 Å². The summed E-state index contributed by atoms with van der Waals surface area (Å²) in [6, 6.07) is 7.25. The molecule has 2 rings (SSSR count). The van der Waals surface area contributed by atoms with E-state index in [4.69, 9.17) is 9.47 Å². The van der Waals surface area contributed by atoms with E-state index in [9.17, 15) is 4.79 Å². The second-order valence-electron chi connectivity index (χ2n) is 5.98. The highest BCUT2D eigenvalue weighted by Crippen LogP contribution is 2.18. The number of carbonyl (C=O) groups excluding carboxylic acids is 1. The number of nitrogens with zero attached hydrogens (tertiary/aromatic N) is 1. The Morgan fingerprint density at radius 1 is 1.17 bits per heavy atom. The van der Waals surface area contributed by atoms with Crippen LogP contribution in [-0.4, -0.2) is 50.2 Å². The number of benzene rings is 1. The van der Waals surface area contributed by atoms with Crippen molar-refractivity contribution in [2.45, 2.75) is 38.7 Å². The van der Waals surface area contributed by atoms with Crippen LogP contribution in [-0.2, 0) is 4.79 Å². The monoisotopic (exact) mass is 320 g/mol. The standard InChI is InChI=1S/C18H28N2O3/c1-15(23-17-9-7-16(22-2)8-10-17)18(21)19-11-6-14-20-12-4-3-5-13-20/h7-10,15H,3-6,11-14H2,1-2H3,(H,19,21)/t15-/m0/s1. The topological polar surface area (TPSA) is 50.8 Å². The first-order valence-corrected chi connectivity index (χ1v) is 8.50. The minimum atomic E-state index is -0.501. The molecule has 0 unspecified atom stereocenters. The van der Waals surface area contributed by atoms with Crippen LogP contribution < -0.4 is 14.8 Å². The molecule has 1 saturated heterocycles. The van der Waals surface area contributed by atoms with E-state index < -0.39 is 6.10 Å². The summed E-state index contributed by atoms with van der Waals surface area (Å²) in [5.41, 5.74) is 0. The van der Waals surface area contributed by atoms with Crippen molar-refractivity contribution in [3.8, 4) is 11.5 Å². The molecule has 1 fully saturated rings. The smallest absolute Gasteiger partial charge is 0.260 e. The minimum absolute atomic E-state index is 0.0699. The van der Waals surface area contributed by atoms with Crippen molar-refractivity contribution in [1.29, 1.82) is 0 Å². The van der Waals surface area contributed by atoms with E-state index in [0.29, 0.717) is 12.3 Å². The molecule has 0 saturated carbocycles. The van der Waals surface area contributed by atoms with E-state index in [2.05, 4.69) is 10.2 Å². The maximum Gasteiger partial charge on any atom is 0.260 e. The van der Waals surface area contributed by atoms with Gasteiger partial charge < -0.3 is 19.7 Å². The molecule has 1 aliphatic heterocycles. The highest BCUT2D eigenvalue weighted by atomic mass is 16.5. The fraction of sp³-hybridized carbons (Fsp3) is 0.611. The van der Waals surface area contributed by atoms with Gasteiger partial charge in [0.25, 0.3) is 5.91 Å². The molecule has 1 N–H and O–H groups in total. The number of nitrogens with one attached hydrogen (secondary N) is 1. The van der Waals surface area contributed by atoms with Crippen LogP contribution in [0.2, 0.25) is 0 Å². The van der Waals surface area contributed by atoms with Crippen molar-refractivity contribution < 1.29 is 14.3 Å². The predicted molar refractivity (Wildman–Crippen MR) is 91.0 cm³/mol. The fourth-order valence-corrected chi connectivity index (χ4v) is 2.75. The molecule has 128 valence electrons. The van der Waals surface area contributed by atoms with Crippen LogP contribution in [0.4, 0.5) is 0 Å². The highest BCUT2D eigenvalue weighted by Gasteiger charge is 2.14. The van der Waals surface area contributed by atoms with Gasteiger partial charge in [0.1, 0.15) is 11.5 Å². The van der Waals surface area contributed by atoms with Crippen molar-refractivity contribution in [2.24, 2.45) is 0 Å². The van der Waals surface area contributed by atoms with Gasteiger partial charge in [0, 0.05) is 6.54 Å². The maximum absolute atomic E-state index is 12.0. The summed E-state index contributed by atoms with van der Waals surface area (Å²) in [6.45, 7) is 5.93.